The van der Waals surface area contributed by atoms with Crippen LogP contribution in [0.3, 0.4) is 0 Å². The number of carbonyl (C=O) groups excluding carboxylic acids is 1. The fourth-order valence-electron chi connectivity index (χ4n) is 5.98. The minimum Gasteiger partial charge on any atom is -0.478 e. The lowest BCUT2D eigenvalue weighted by Crippen LogP contribution is -2.42. The molecular weight excluding hydrogens is 524 g/mol. The van der Waals surface area contributed by atoms with Crippen molar-refractivity contribution in [3.05, 3.63) is 124 Å². The molecule has 2 atom stereocenters. The molecule has 0 saturated carbocycles. The molecule has 2 unspecified atom stereocenters. The SMILES string of the molecule is CC(C)(C)NC(=O)c1ccc(-c2ccccc2)c(C(=O)O)c1C1CC(C)(c2ccccc2)c2cc(C(=N)N)ccc2N1. The van der Waals surface area contributed by atoms with Crippen LogP contribution in [0, 0.1) is 5.41 Å². The zero-order chi connectivity index (χ0) is 30.2. The van der Waals surface area contributed by atoms with Gasteiger partial charge in [0, 0.05) is 33.3 Å². The summed E-state index contributed by atoms with van der Waals surface area (Å²) in [5.74, 6) is -1.46. The first kappa shape index (κ1) is 28.6. The third-order valence-electron chi connectivity index (χ3n) is 7.90. The summed E-state index contributed by atoms with van der Waals surface area (Å²) in [6, 6.07) is 27.9. The molecule has 4 aromatic carbocycles. The van der Waals surface area contributed by atoms with Gasteiger partial charge in [0.25, 0.3) is 5.91 Å². The Labute approximate surface area is 246 Å². The van der Waals surface area contributed by atoms with Crippen LogP contribution in [0.25, 0.3) is 11.1 Å². The van der Waals surface area contributed by atoms with Crippen LogP contribution in [0.1, 0.15) is 83.1 Å². The van der Waals surface area contributed by atoms with E-state index >= 15 is 0 Å². The number of benzene rings is 4. The second kappa shape index (κ2) is 10.8. The molecule has 7 nitrogen and oxygen atoms in total. The van der Waals surface area contributed by atoms with Gasteiger partial charge in [-0.25, -0.2) is 4.79 Å². The number of anilines is 1. The fraction of sp³-hybridized carbons (Fsp3) is 0.229. The van der Waals surface area contributed by atoms with E-state index in [4.69, 9.17) is 11.1 Å². The minimum atomic E-state index is -1.10. The number of fused-ring (bicyclic) bond motifs is 1. The van der Waals surface area contributed by atoms with Gasteiger partial charge in [-0.15, -0.1) is 0 Å². The molecule has 6 N–H and O–H groups in total. The lowest BCUT2D eigenvalue weighted by Gasteiger charge is -2.43. The zero-order valence-electron chi connectivity index (χ0n) is 24.3. The number of nitrogens with one attached hydrogen (secondary N) is 3. The van der Waals surface area contributed by atoms with E-state index in [-0.39, 0.29) is 17.3 Å². The van der Waals surface area contributed by atoms with Gasteiger partial charge in [-0.1, -0.05) is 73.7 Å². The minimum absolute atomic E-state index is 0.0276. The Hall–Kier alpha value is -4.91. The van der Waals surface area contributed by atoms with Crippen molar-refractivity contribution >= 4 is 23.4 Å². The second-order valence-corrected chi connectivity index (χ2v) is 12.1. The molecule has 1 heterocycles. The van der Waals surface area contributed by atoms with Crippen molar-refractivity contribution in [3.63, 3.8) is 0 Å². The van der Waals surface area contributed by atoms with Gasteiger partial charge in [0.05, 0.1) is 11.6 Å². The maximum absolute atomic E-state index is 13.8. The van der Waals surface area contributed by atoms with Crippen LogP contribution in [0.2, 0.25) is 0 Å². The summed E-state index contributed by atoms with van der Waals surface area (Å²) in [4.78, 5) is 26.9. The molecule has 0 radical (unpaired) electrons. The third kappa shape index (κ3) is 5.38. The molecule has 0 aromatic heterocycles. The van der Waals surface area contributed by atoms with E-state index in [1.54, 1.807) is 18.2 Å². The van der Waals surface area contributed by atoms with Gasteiger partial charge in [0.15, 0.2) is 0 Å². The van der Waals surface area contributed by atoms with Crippen LogP contribution in [-0.4, -0.2) is 28.4 Å². The topological polar surface area (TPSA) is 128 Å². The van der Waals surface area contributed by atoms with E-state index in [1.165, 1.54) is 0 Å². The van der Waals surface area contributed by atoms with Crippen LogP contribution in [-0.2, 0) is 5.41 Å². The number of rotatable bonds is 6. The second-order valence-electron chi connectivity index (χ2n) is 12.1. The van der Waals surface area contributed by atoms with Crippen LogP contribution >= 0.6 is 0 Å². The Morgan fingerprint density at radius 1 is 0.976 bits per heavy atom. The fourth-order valence-corrected chi connectivity index (χ4v) is 5.98. The maximum atomic E-state index is 13.8. The van der Waals surface area contributed by atoms with E-state index in [2.05, 4.69) is 29.7 Å². The molecule has 0 fully saturated rings. The van der Waals surface area contributed by atoms with Crippen molar-refractivity contribution in [1.29, 1.82) is 5.41 Å². The van der Waals surface area contributed by atoms with Gasteiger partial charge in [0.1, 0.15) is 5.84 Å². The number of nitrogens with two attached hydrogens (primary N) is 1. The molecule has 0 aliphatic carbocycles. The average molecular weight is 561 g/mol. The highest BCUT2D eigenvalue weighted by Gasteiger charge is 2.41. The molecule has 0 bridgehead atoms. The van der Waals surface area contributed by atoms with E-state index in [9.17, 15) is 14.7 Å². The molecule has 42 heavy (non-hydrogen) atoms. The van der Waals surface area contributed by atoms with Crippen molar-refractivity contribution in [2.75, 3.05) is 5.32 Å². The molecule has 4 aromatic rings. The summed E-state index contributed by atoms with van der Waals surface area (Å²) in [6.45, 7) is 7.81. The normalized spacial score (nSPS) is 18.0. The van der Waals surface area contributed by atoms with Gasteiger partial charge in [0.2, 0.25) is 0 Å². The summed E-state index contributed by atoms with van der Waals surface area (Å²) >= 11 is 0. The average Bonchev–Trinajstić information content (AvgIpc) is 2.96. The summed E-state index contributed by atoms with van der Waals surface area (Å²) in [6.07, 6.45) is 0.458. The van der Waals surface area contributed by atoms with E-state index < -0.39 is 23.0 Å². The summed E-state index contributed by atoms with van der Waals surface area (Å²) in [5, 5.41) is 25.4. The monoisotopic (exact) mass is 560 g/mol. The van der Waals surface area contributed by atoms with E-state index in [0.717, 1.165) is 22.4 Å². The molecule has 1 aliphatic heterocycles. The maximum Gasteiger partial charge on any atom is 0.336 e. The lowest BCUT2D eigenvalue weighted by molar-refractivity contribution is 0.0696. The number of nitrogen functional groups attached to an aromatic ring is 1. The van der Waals surface area contributed by atoms with Crippen LogP contribution < -0.4 is 16.4 Å². The number of hydrogen-bond acceptors (Lipinski definition) is 4. The number of aromatic carboxylic acids is 1. The van der Waals surface area contributed by atoms with Gasteiger partial charge in [-0.2, -0.15) is 0 Å². The van der Waals surface area contributed by atoms with Crippen molar-refractivity contribution in [2.24, 2.45) is 5.73 Å². The molecule has 0 spiro atoms. The van der Waals surface area contributed by atoms with Crippen molar-refractivity contribution in [1.82, 2.24) is 5.32 Å². The molecular formula is C35H36N4O3. The van der Waals surface area contributed by atoms with Gasteiger partial charge in [-0.05, 0) is 73.7 Å². The Morgan fingerprint density at radius 2 is 1.62 bits per heavy atom. The smallest absolute Gasteiger partial charge is 0.336 e. The van der Waals surface area contributed by atoms with Gasteiger partial charge < -0.3 is 21.5 Å². The number of amidine groups is 1. The molecule has 214 valence electrons. The highest BCUT2D eigenvalue weighted by molar-refractivity contribution is 6.05. The van der Waals surface area contributed by atoms with Crippen LogP contribution in [0.15, 0.2) is 91.0 Å². The first-order chi connectivity index (χ1) is 19.9. The highest BCUT2D eigenvalue weighted by atomic mass is 16.4. The molecule has 7 heteroatoms. The van der Waals surface area contributed by atoms with Gasteiger partial charge >= 0.3 is 5.97 Å². The zero-order valence-corrected chi connectivity index (χ0v) is 24.3. The number of amides is 1. The van der Waals surface area contributed by atoms with Crippen molar-refractivity contribution in [2.45, 2.75) is 51.1 Å². The highest BCUT2D eigenvalue weighted by Crippen LogP contribution is 2.50. The van der Waals surface area contributed by atoms with E-state index in [0.29, 0.717) is 28.7 Å². The Balaban J connectivity index is 1.79. The Bertz CT molecular complexity index is 1680. The lowest BCUT2D eigenvalue weighted by atomic mass is 9.67. The molecule has 1 amide bonds. The van der Waals surface area contributed by atoms with Crippen LogP contribution in [0.5, 0.6) is 0 Å². The van der Waals surface area contributed by atoms with Crippen molar-refractivity contribution in [3.8, 4) is 11.1 Å². The standard InChI is InChI=1S/C35H36N4O3/c1-34(2,3)39-32(40)25-17-16-24(21-11-7-5-8-12-21)30(33(41)42)29(25)28-20-35(4,23-13-9-6-10-14-23)26-19-22(31(36)37)15-18-27(26)38-28/h5-19,28,38H,20H2,1-4H3,(H3,36,37)(H,39,40)(H,41,42). The van der Waals surface area contributed by atoms with Gasteiger partial charge in [-0.3, -0.25) is 10.2 Å². The summed E-state index contributed by atoms with van der Waals surface area (Å²) in [7, 11) is 0. The van der Waals surface area contributed by atoms with Crippen molar-refractivity contribution < 1.29 is 14.7 Å². The Kier molecular flexibility index (Phi) is 7.37. The predicted octanol–water partition coefficient (Wildman–Crippen LogP) is 6.73. The first-order valence-corrected chi connectivity index (χ1v) is 14.0. The number of carbonyl (C=O) groups is 2. The van der Waals surface area contributed by atoms with Crippen LogP contribution in [0.4, 0.5) is 5.69 Å². The molecule has 0 saturated heterocycles. The number of carboxylic acid groups (broad SMARTS) is 1. The molecule has 1 aliphatic rings. The third-order valence-corrected chi connectivity index (χ3v) is 7.90. The largest absolute Gasteiger partial charge is 0.478 e. The predicted molar refractivity (Wildman–Crippen MR) is 167 cm³/mol. The first-order valence-electron chi connectivity index (χ1n) is 14.0. The number of carboxylic acids is 1. The Morgan fingerprint density at radius 3 is 2.21 bits per heavy atom. The summed E-state index contributed by atoms with van der Waals surface area (Å²) < 4.78 is 0. The summed E-state index contributed by atoms with van der Waals surface area (Å²) in [5.41, 5.74) is 10.3. The molecule has 5 rings (SSSR count). The quantitative estimate of drug-likeness (QED) is 0.132. The van der Waals surface area contributed by atoms with E-state index in [1.807, 2.05) is 81.4 Å². The number of hydrogen-bond donors (Lipinski definition) is 5.